The molecule has 0 spiro atoms. The lowest BCUT2D eigenvalue weighted by molar-refractivity contribution is -0.139. The number of nitrogens with one attached hydrogen (secondary N) is 1. The van der Waals surface area contributed by atoms with E-state index in [1.165, 1.54) is 4.90 Å². The van der Waals surface area contributed by atoms with Crippen LogP contribution in [0.15, 0.2) is 46.9 Å². The quantitative estimate of drug-likeness (QED) is 0.402. The molecule has 2 aromatic rings. The Kier molecular flexibility index (Phi) is 10.4. The SMILES string of the molecule is CCCCNC(=O)[C@H](C)N(Cc1ccc(Cl)cc1)C(=O)CN(c1ccc(Br)c(C)c1)S(C)(=O)=O. The number of hydrogen-bond donors (Lipinski definition) is 1. The second-order valence-corrected chi connectivity index (χ2v) is 11.4. The van der Waals surface area contributed by atoms with Crippen molar-refractivity contribution in [1.29, 1.82) is 0 Å². The number of carbonyl (C=O) groups is 2. The Labute approximate surface area is 215 Å². The molecule has 0 saturated carbocycles. The van der Waals surface area contributed by atoms with Crippen LogP contribution in [0.1, 0.15) is 37.8 Å². The number of carbonyl (C=O) groups excluding carboxylic acids is 2. The smallest absolute Gasteiger partial charge is 0.244 e. The maximum atomic E-state index is 13.5. The number of benzene rings is 2. The lowest BCUT2D eigenvalue weighted by atomic mass is 10.1. The fourth-order valence-electron chi connectivity index (χ4n) is 3.30. The fraction of sp³-hybridized carbons (Fsp3) is 0.417. The van der Waals surface area contributed by atoms with Crippen LogP contribution < -0.4 is 9.62 Å². The predicted octanol–water partition coefficient (Wildman–Crippen LogP) is 4.51. The summed E-state index contributed by atoms with van der Waals surface area (Å²) in [6.07, 6.45) is 2.81. The Morgan fingerprint density at radius 3 is 2.35 bits per heavy atom. The second-order valence-electron chi connectivity index (χ2n) is 8.17. The molecule has 7 nitrogen and oxygen atoms in total. The van der Waals surface area contributed by atoms with Crippen molar-refractivity contribution < 1.29 is 18.0 Å². The Bertz CT molecular complexity index is 1110. The van der Waals surface area contributed by atoms with Crippen LogP contribution in [0, 0.1) is 6.92 Å². The van der Waals surface area contributed by atoms with Crippen LogP contribution in [0.3, 0.4) is 0 Å². The molecule has 1 N–H and O–H groups in total. The van der Waals surface area contributed by atoms with Gasteiger partial charge in [-0.15, -0.1) is 0 Å². The van der Waals surface area contributed by atoms with Crippen molar-refractivity contribution in [2.24, 2.45) is 0 Å². The topological polar surface area (TPSA) is 86.8 Å². The van der Waals surface area contributed by atoms with E-state index in [4.69, 9.17) is 11.6 Å². The summed E-state index contributed by atoms with van der Waals surface area (Å²) in [4.78, 5) is 27.7. The molecular formula is C24H31BrClN3O4S. The van der Waals surface area contributed by atoms with Gasteiger partial charge in [-0.2, -0.15) is 0 Å². The van der Waals surface area contributed by atoms with Gasteiger partial charge < -0.3 is 10.2 Å². The van der Waals surface area contributed by atoms with Gasteiger partial charge in [-0.25, -0.2) is 8.42 Å². The van der Waals surface area contributed by atoms with E-state index in [9.17, 15) is 18.0 Å². The first-order valence-corrected chi connectivity index (χ1v) is 14.0. The molecular weight excluding hydrogens is 542 g/mol. The molecule has 0 heterocycles. The number of nitrogens with zero attached hydrogens (tertiary/aromatic N) is 2. The number of anilines is 1. The summed E-state index contributed by atoms with van der Waals surface area (Å²) in [5, 5.41) is 3.41. The van der Waals surface area contributed by atoms with Crippen molar-refractivity contribution in [2.45, 2.75) is 46.2 Å². The molecule has 0 aliphatic carbocycles. The number of amides is 2. The average Bonchev–Trinajstić information content (AvgIpc) is 2.77. The van der Waals surface area contributed by atoms with Gasteiger partial charge in [-0.05, 0) is 61.7 Å². The lowest BCUT2D eigenvalue weighted by Gasteiger charge is -2.31. The Hall–Kier alpha value is -2.10. The summed E-state index contributed by atoms with van der Waals surface area (Å²) < 4.78 is 27.1. The molecule has 0 aliphatic rings. The number of halogens is 2. The van der Waals surface area contributed by atoms with Gasteiger partial charge in [0, 0.05) is 22.6 Å². The predicted molar refractivity (Wildman–Crippen MR) is 140 cm³/mol. The van der Waals surface area contributed by atoms with E-state index >= 15 is 0 Å². The highest BCUT2D eigenvalue weighted by atomic mass is 79.9. The molecule has 1 atom stereocenters. The first-order valence-electron chi connectivity index (χ1n) is 11.0. The zero-order valence-corrected chi connectivity index (χ0v) is 23.0. The first kappa shape index (κ1) is 28.1. The normalized spacial score (nSPS) is 12.2. The van der Waals surface area contributed by atoms with Crippen molar-refractivity contribution in [3.63, 3.8) is 0 Å². The molecule has 0 bridgehead atoms. The maximum absolute atomic E-state index is 13.5. The van der Waals surface area contributed by atoms with Crippen LogP contribution >= 0.6 is 27.5 Å². The Balaban J connectivity index is 2.35. The van der Waals surface area contributed by atoms with Gasteiger partial charge in [0.05, 0.1) is 11.9 Å². The summed E-state index contributed by atoms with van der Waals surface area (Å²) in [6, 6.07) is 11.2. The van der Waals surface area contributed by atoms with E-state index < -0.39 is 28.5 Å². The van der Waals surface area contributed by atoms with Crippen molar-refractivity contribution in [1.82, 2.24) is 10.2 Å². The molecule has 2 aromatic carbocycles. The number of hydrogen-bond acceptors (Lipinski definition) is 4. The first-order chi connectivity index (χ1) is 15.9. The number of unbranched alkanes of at least 4 members (excludes halogenated alkanes) is 1. The summed E-state index contributed by atoms with van der Waals surface area (Å²) in [5.74, 6) is -0.778. The van der Waals surface area contributed by atoms with Gasteiger partial charge >= 0.3 is 0 Å². The van der Waals surface area contributed by atoms with Gasteiger partial charge in [-0.1, -0.05) is 53.0 Å². The van der Waals surface area contributed by atoms with Crippen molar-refractivity contribution in [3.8, 4) is 0 Å². The minimum absolute atomic E-state index is 0.134. The average molecular weight is 573 g/mol. The van der Waals surface area contributed by atoms with Crippen LogP contribution in [0.4, 0.5) is 5.69 Å². The van der Waals surface area contributed by atoms with E-state index in [1.807, 2.05) is 13.8 Å². The van der Waals surface area contributed by atoms with E-state index in [1.54, 1.807) is 49.4 Å². The lowest BCUT2D eigenvalue weighted by Crippen LogP contribution is -2.51. The molecule has 2 amide bonds. The highest BCUT2D eigenvalue weighted by Gasteiger charge is 2.30. The zero-order valence-electron chi connectivity index (χ0n) is 19.8. The zero-order chi connectivity index (χ0) is 25.5. The van der Waals surface area contributed by atoms with Gasteiger partial charge in [-0.3, -0.25) is 13.9 Å². The van der Waals surface area contributed by atoms with Crippen LogP contribution in [0.25, 0.3) is 0 Å². The number of sulfonamides is 1. The van der Waals surface area contributed by atoms with Gasteiger partial charge in [0.15, 0.2) is 0 Å². The van der Waals surface area contributed by atoms with Crippen molar-refractivity contribution in [2.75, 3.05) is 23.7 Å². The maximum Gasteiger partial charge on any atom is 0.244 e. The van der Waals surface area contributed by atoms with Crippen molar-refractivity contribution in [3.05, 3.63) is 63.1 Å². The highest BCUT2D eigenvalue weighted by Crippen LogP contribution is 2.25. The monoisotopic (exact) mass is 571 g/mol. The molecule has 2 rings (SSSR count). The van der Waals surface area contributed by atoms with E-state index in [2.05, 4.69) is 21.2 Å². The molecule has 0 radical (unpaired) electrons. The largest absolute Gasteiger partial charge is 0.354 e. The third kappa shape index (κ3) is 7.99. The molecule has 0 aliphatic heterocycles. The Morgan fingerprint density at radius 2 is 1.79 bits per heavy atom. The van der Waals surface area contributed by atoms with Gasteiger partial charge in [0.25, 0.3) is 0 Å². The van der Waals surface area contributed by atoms with Crippen molar-refractivity contribution >= 4 is 55.1 Å². The molecule has 34 heavy (non-hydrogen) atoms. The molecule has 10 heteroatoms. The van der Waals surface area contributed by atoms with Crippen LogP contribution in [-0.4, -0.2) is 50.5 Å². The molecule has 0 unspecified atom stereocenters. The van der Waals surface area contributed by atoms with Gasteiger partial charge in [0.1, 0.15) is 12.6 Å². The fourth-order valence-corrected chi connectivity index (χ4v) is 4.52. The third-order valence-electron chi connectivity index (χ3n) is 5.37. The van der Waals surface area contributed by atoms with Crippen LogP contribution in [-0.2, 0) is 26.2 Å². The summed E-state index contributed by atoms with van der Waals surface area (Å²) >= 11 is 9.39. The molecule has 186 valence electrons. The highest BCUT2D eigenvalue weighted by molar-refractivity contribution is 9.10. The van der Waals surface area contributed by atoms with Gasteiger partial charge in [0.2, 0.25) is 21.8 Å². The number of rotatable bonds is 11. The Morgan fingerprint density at radius 1 is 1.15 bits per heavy atom. The minimum atomic E-state index is -3.77. The van der Waals surface area contributed by atoms with E-state index in [0.29, 0.717) is 17.3 Å². The summed E-state index contributed by atoms with van der Waals surface area (Å²) in [7, 11) is -3.77. The summed E-state index contributed by atoms with van der Waals surface area (Å²) in [6.45, 7) is 5.72. The summed E-state index contributed by atoms with van der Waals surface area (Å²) in [5.41, 5.74) is 1.99. The van der Waals surface area contributed by atoms with Crippen LogP contribution in [0.2, 0.25) is 5.02 Å². The van der Waals surface area contributed by atoms with Crippen LogP contribution in [0.5, 0.6) is 0 Å². The molecule has 0 fully saturated rings. The minimum Gasteiger partial charge on any atom is -0.354 e. The molecule has 0 aromatic heterocycles. The van der Waals surface area contributed by atoms with E-state index in [-0.39, 0.29) is 12.5 Å². The van der Waals surface area contributed by atoms with E-state index in [0.717, 1.165) is 39.0 Å². The second kappa shape index (κ2) is 12.6. The third-order valence-corrected chi connectivity index (χ3v) is 7.65. The number of aryl methyl sites for hydroxylation is 1. The molecule has 0 saturated heterocycles. The standard InChI is InChI=1S/C24H31BrClN3O4S/c1-5-6-13-27-24(31)18(3)28(15-19-7-9-20(26)10-8-19)23(30)16-29(34(4,32)33)21-11-12-22(25)17(2)14-21/h7-12,14,18H,5-6,13,15-16H2,1-4H3,(H,27,31)/t18-/m0/s1.